The number of ether oxygens (including phenoxy) is 1. The highest BCUT2D eigenvalue weighted by Crippen LogP contribution is 2.27. The summed E-state index contributed by atoms with van der Waals surface area (Å²) in [7, 11) is -1.82. The van der Waals surface area contributed by atoms with Gasteiger partial charge >= 0.3 is 0 Å². The van der Waals surface area contributed by atoms with Gasteiger partial charge in [-0.05, 0) is 67.6 Å². The number of allylic oxidation sites excluding steroid dienone is 2. The van der Waals surface area contributed by atoms with E-state index < -0.39 is 15.1 Å². The number of aliphatic imine (C=N–C) groups is 1. The van der Waals surface area contributed by atoms with Crippen LogP contribution in [0.3, 0.4) is 0 Å². The Bertz CT molecular complexity index is 1130. The monoisotopic (exact) mass is 486 g/mol. The number of benzene rings is 2. The Balaban J connectivity index is 1.70. The van der Waals surface area contributed by atoms with E-state index in [-0.39, 0.29) is 5.82 Å². The molecule has 7 heteroatoms. The van der Waals surface area contributed by atoms with Crippen LogP contribution in [0, 0.1) is 12.7 Å². The van der Waals surface area contributed by atoms with Gasteiger partial charge in [-0.25, -0.2) is 17.8 Å². The molecule has 2 aromatic rings. The second-order valence-corrected chi connectivity index (χ2v) is 10.9. The SMILES string of the molecule is CC/C=C(\Cc1ccc(F)c(C)c1)N=C(CC)N1CCC(S(=O)(=O)c2ccc(OC)cc2)CC1. The molecule has 0 spiro atoms. The first kappa shape index (κ1) is 25.9. The van der Waals surface area contributed by atoms with Crippen LogP contribution in [-0.4, -0.2) is 44.6 Å². The minimum atomic E-state index is -3.39. The highest BCUT2D eigenvalue weighted by atomic mass is 32.2. The number of hydrogen-bond donors (Lipinski definition) is 0. The topological polar surface area (TPSA) is 59.0 Å². The number of hydrogen-bond acceptors (Lipinski definition) is 4. The smallest absolute Gasteiger partial charge is 0.181 e. The van der Waals surface area contributed by atoms with Gasteiger partial charge in [-0.2, -0.15) is 0 Å². The molecule has 3 rings (SSSR count). The maximum Gasteiger partial charge on any atom is 0.181 e. The second-order valence-electron chi connectivity index (χ2n) is 8.65. The normalized spacial score (nSPS) is 16.1. The summed E-state index contributed by atoms with van der Waals surface area (Å²) in [6, 6.07) is 11.8. The molecule has 0 saturated carbocycles. The van der Waals surface area contributed by atoms with Crippen LogP contribution in [0.15, 0.2) is 64.1 Å². The van der Waals surface area contributed by atoms with Crippen LogP contribution in [-0.2, 0) is 16.3 Å². The molecular weight excluding hydrogens is 451 g/mol. The fourth-order valence-corrected chi connectivity index (χ4v) is 6.07. The van der Waals surface area contributed by atoms with E-state index in [0.717, 1.165) is 29.9 Å². The highest BCUT2D eigenvalue weighted by molar-refractivity contribution is 7.92. The second kappa shape index (κ2) is 11.6. The molecular formula is C27H35FN2O3S. The van der Waals surface area contributed by atoms with Crippen molar-refractivity contribution in [3.63, 3.8) is 0 Å². The zero-order valence-corrected chi connectivity index (χ0v) is 21.4. The number of aryl methyl sites for hydroxylation is 1. The lowest BCUT2D eigenvalue weighted by Gasteiger charge is -2.34. The Morgan fingerprint density at radius 2 is 1.82 bits per heavy atom. The third kappa shape index (κ3) is 6.26. The first-order chi connectivity index (χ1) is 16.3. The molecule has 0 aromatic heterocycles. The summed E-state index contributed by atoms with van der Waals surface area (Å²) < 4.78 is 45.0. The van der Waals surface area contributed by atoms with Crippen LogP contribution in [0.2, 0.25) is 0 Å². The average molecular weight is 487 g/mol. The number of nitrogens with zero attached hydrogens (tertiary/aromatic N) is 2. The number of piperidine rings is 1. The van der Waals surface area contributed by atoms with E-state index in [4.69, 9.17) is 9.73 Å². The molecule has 1 fully saturated rings. The van der Waals surface area contributed by atoms with Crippen LogP contribution in [0.5, 0.6) is 5.75 Å². The largest absolute Gasteiger partial charge is 0.497 e. The van der Waals surface area contributed by atoms with Crippen molar-refractivity contribution in [2.45, 2.75) is 63.0 Å². The van der Waals surface area contributed by atoms with Crippen LogP contribution >= 0.6 is 0 Å². The van der Waals surface area contributed by atoms with E-state index in [9.17, 15) is 12.8 Å². The summed E-state index contributed by atoms with van der Waals surface area (Å²) >= 11 is 0. The number of rotatable bonds is 8. The Hall–Kier alpha value is -2.67. The van der Waals surface area contributed by atoms with E-state index >= 15 is 0 Å². The first-order valence-corrected chi connectivity index (χ1v) is 13.5. The zero-order chi connectivity index (χ0) is 24.7. The molecule has 5 nitrogen and oxygen atoms in total. The molecule has 1 aliphatic rings. The quantitative estimate of drug-likeness (QED) is 0.353. The van der Waals surface area contributed by atoms with Gasteiger partial charge in [0.05, 0.1) is 17.3 Å². The average Bonchev–Trinajstić information content (AvgIpc) is 2.85. The van der Waals surface area contributed by atoms with Crippen molar-refractivity contribution in [1.82, 2.24) is 4.90 Å². The predicted octanol–water partition coefficient (Wildman–Crippen LogP) is 5.73. The van der Waals surface area contributed by atoms with Crippen LogP contribution in [0.25, 0.3) is 0 Å². The summed E-state index contributed by atoms with van der Waals surface area (Å²) in [5.74, 6) is 1.41. The summed E-state index contributed by atoms with van der Waals surface area (Å²) in [5.41, 5.74) is 2.62. The lowest BCUT2D eigenvalue weighted by molar-refractivity contribution is 0.336. The molecule has 0 radical (unpaired) electrons. The molecule has 34 heavy (non-hydrogen) atoms. The Labute approximate surface area is 203 Å². The van der Waals surface area contributed by atoms with Crippen molar-refractivity contribution < 1.29 is 17.5 Å². The van der Waals surface area contributed by atoms with E-state index in [1.54, 1.807) is 38.3 Å². The van der Waals surface area contributed by atoms with Crippen LogP contribution in [0.4, 0.5) is 4.39 Å². The molecule has 0 N–H and O–H groups in total. The molecule has 0 unspecified atom stereocenters. The van der Waals surface area contributed by atoms with E-state index in [1.807, 2.05) is 12.1 Å². The van der Waals surface area contributed by atoms with Gasteiger partial charge in [-0.1, -0.05) is 32.1 Å². The molecule has 1 heterocycles. The Morgan fingerprint density at radius 1 is 1.15 bits per heavy atom. The lowest BCUT2D eigenvalue weighted by atomic mass is 10.1. The minimum absolute atomic E-state index is 0.199. The van der Waals surface area contributed by atoms with Crippen molar-refractivity contribution in [3.05, 3.63) is 71.2 Å². The number of amidine groups is 1. The van der Waals surface area contributed by atoms with Gasteiger partial charge in [-0.3, -0.25) is 0 Å². The van der Waals surface area contributed by atoms with Crippen molar-refractivity contribution in [3.8, 4) is 5.75 Å². The summed E-state index contributed by atoms with van der Waals surface area (Å²) in [6.07, 6.45) is 5.50. The fraction of sp³-hybridized carbons (Fsp3) is 0.444. The number of methoxy groups -OCH3 is 1. The van der Waals surface area contributed by atoms with E-state index in [0.29, 0.717) is 48.6 Å². The third-order valence-electron chi connectivity index (χ3n) is 6.27. The molecule has 1 saturated heterocycles. The first-order valence-electron chi connectivity index (χ1n) is 11.9. The van der Waals surface area contributed by atoms with Crippen molar-refractivity contribution in [1.29, 1.82) is 0 Å². The van der Waals surface area contributed by atoms with Crippen molar-refractivity contribution in [2.75, 3.05) is 20.2 Å². The number of halogens is 1. The summed E-state index contributed by atoms with van der Waals surface area (Å²) in [6.45, 7) is 7.23. The minimum Gasteiger partial charge on any atom is -0.497 e. The molecule has 184 valence electrons. The Kier molecular flexibility index (Phi) is 8.89. The van der Waals surface area contributed by atoms with Crippen LogP contribution in [0.1, 0.15) is 50.7 Å². The van der Waals surface area contributed by atoms with Gasteiger partial charge in [0.25, 0.3) is 0 Å². The zero-order valence-electron chi connectivity index (χ0n) is 20.6. The van der Waals surface area contributed by atoms with Gasteiger partial charge < -0.3 is 9.64 Å². The van der Waals surface area contributed by atoms with Gasteiger partial charge in [-0.15, -0.1) is 0 Å². The summed E-state index contributed by atoms with van der Waals surface area (Å²) in [4.78, 5) is 7.52. The molecule has 0 bridgehead atoms. The van der Waals surface area contributed by atoms with Crippen molar-refractivity contribution >= 4 is 15.7 Å². The molecule has 0 amide bonds. The number of likely N-dealkylation sites (tertiary alicyclic amines) is 1. The highest BCUT2D eigenvalue weighted by Gasteiger charge is 2.32. The maximum atomic E-state index is 13.7. The van der Waals surface area contributed by atoms with Crippen molar-refractivity contribution in [2.24, 2.45) is 4.99 Å². The Morgan fingerprint density at radius 3 is 2.38 bits per heavy atom. The molecule has 2 aromatic carbocycles. The standard InChI is InChI=1S/C27H35FN2O3S/c1-5-7-22(19-21-8-13-26(28)20(3)18-21)29-27(6-2)30-16-14-25(15-17-30)34(31,32)24-11-9-23(33-4)10-12-24/h7-13,18,25H,5-6,14-17,19H2,1-4H3/b22-7+,29-27?. The molecule has 0 aliphatic carbocycles. The molecule has 1 aliphatic heterocycles. The van der Waals surface area contributed by atoms with Gasteiger partial charge in [0.15, 0.2) is 9.84 Å². The number of sulfone groups is 1. The van der Waals surface area contributed by atoms with Gasteiger partial charge in [0, 0.05) is 31.6 Å². The summed E-state index contributed by atoms with van der Waals surface area (Å²) in [5, 5.41) is -0.400. The molecule has 0 atom stereocenters. The fourth-order valence-electron chi connectivity index (χ4n) is 4.34. The van der Waals surface area contributed by atoms with Gasteiger partial charge in [0.1, 0.15) is 17.4 Å². The lowest BCUT2D eigenvalue weighted by Crippen LogP contribution is -2.42. The van der Waals surface area contributed by atoms with Crippen LogP contribution < -0.4 is 4.74 Å². The van der Waals surface area contributed by atoms with E-state index in [1.165, 1.54) is 6.07 Å². The van der Waals surface area contributed by atoms with Gasteiger partial charge in [0.2, 0.25) is 0 Å². The third-order valence-corrected chi connectivity index (χ3v) is 8.55. The predicted molar refractivity (Wildman–Crippen MR) is 136 cm³/mol. The van der Waals surface area contributed by atoms with E-state index in [2.05, 4.69) is 24.8 Å². The maximum absolute atomic E-state index is 13.7.